The minimum atomic E-state index is -0.598. The third-order valence-electron chi connectivity index (χ3n) is 5.21. The maximum atomic E-state index is 13.1. The average molecular weight is 445 g/mol. The van der Waals surface area contributed by atoms with Crippen LogP contribution >= 0.6 is 11.6 Å². The van der Waals surface area contributed by atoms with Gasteiger partial charge in [-0.1, -0.05) is 35.9 Å². The molecular weight excluding hydrogens is 416 g/mol. The van der Waals surface area contributed by atoms with Crippen LogP contribution in [0.15, 0.2) is 48.5 Å². The van der Waals surface area contributed by atoms with Crippen molar-refractivity contribution in [3.8, 4) is 5.75 Å². The van der Waals surface area contributed by atoms with E-state index in [9.17, 15) is 9.59 Å². The molecule has 1 aliphatic rings. The van der Waals surface area contributed by atoms with E-state index < -0.39 is 11.7 Å². The van der Waals surface area contributed by atoms with E-state index in [1.807, 2.05) is 57.2 Å². The summed E-state index contributed by atoms with van der Waals surface area (Å²) in [7, 11) is 1.61. The minimum Gasteiger partial charge on any atom is -0.497 e. The number of hydrogen-bond donors (Lipinski definition) is 1. The predicted molar refractivity (Wildman–Crippen MR) is 120 cm³/mol. The maximum absolute atomic E-state index is 13.1. The first-order valence-corrected chi connectivity index (χ1v) is 10.7. The average Bonchev–Trinajstić information content (AvgIpc) is 3.17. The van der Waals surface area contributed by atoms with E-state index in [1.165, 1.54) is 0 Å². The zero-order valence-corrected chi connectivity index (χ0v) is 19.1. The van der Waals surface area contributed by atoms with Gasteiger partial charge in [-0.2, -0.15) is 0 Å². The molecule has 31 heavy (non-hydrogen) atoms. The standard InChI is InChI=1S/C24H29ClN2O4/c1-24(2,3)31-23(29)27-14-20(17-8-10-18(25)11-9-17)21(15-27)22(28)26-13-16-6-5-7-19(12-16)30-4/h5-12,20-21H,13-15H2,1-4H3,(H,26,28). The summed E-state index contributed by atoms with van der Waals surface area (Å²) in [4.78, 5) is 27.4. The van der Waals surface area contributed by atoms with Crippen LogP contribution in [0.5, 0.6) is 5.75 Å². The number of carbonyl (C=O) groups is 2. The van der Waals surface area contributed by atoms with E-state index >= 15 is 0 Å². The quantitative estimate of drug-likeness (QED) is 0.730. The van der Waals surface area contributed by atoms with Gasteiger partial charge in [-0.3, -0.25) is 4.79 Å². The fourth-order valence-corrected chi connectivity index (χ4v) is 3.82. The number of nitrogens with zero attached hydrogens (tertiary/aromatic N) is 1. The van der Waals surface area contributed by atoms with Crippen LogP contribution < -0.4 is 10.1 Å². The molecule has 0 spiro atoms. The van der Waals surface area contributed by atoms with Crippen LogP contribution in [0.2, 0.25) is 5.02 Å². The number of likely N-dealkylation sites (tertiary alicyclic amines) is 1. The Morgan fingerprint density at radius 2 is 1.84 bits per heavy atom. The van der Waals surface area contributed by atoms with Crippen molar-refractivity contribution in [2.24, 2.45) is 5.92 Å². The molecule has 0 saturated carbocycles. The summed E-state index contributed by atoms with van der Waals surface area (Å²) < 4.78 is 10.8. The highest BCUT2D eigenvalue weighted by Crippen LogP contribution is 2.34. The fraction of sp³-hybridized carbons (Fsp3) is 0.417. The number of amides is 2. The van der Waals surface area contributed by atoms with Crippen molar-refractivity contribution in [1.82, 2.24) is 10.2 Å². The Balaban J connectivity index is 1.75. The van der Waals surface area contributed by atoms with Gasteiger partial charge in [0.25, 0.3) is 0 Å². The topological polar surface area (TPSA) is 67.9 Å². The maximum Gasteiger partial charge on any atom is 0.410 e. The normalized spacial score (nSPS) is 18.5. The summed E-state index contributed by atoms with van der Waals surface area (Å²) in [5.41, 5.74) is 1.31. The summed E-state index contributed by atoms with van der Waals surface area (Å²) >= 11 is 6.04. The number of nitrogens with one attached hydrogen (secondary N) is 1. The second-order valence-corrected chi connectivity index (χ2v) is 9.16. The third kappa shape index (κ3) is 6.14. The molecule has 2 amide bonds. The Kier molecular flexibility index (Phi) is 7.11. The molecule has 1 fully saturated rings. The monoisotopic (exact) mass is 444 g/mol. The van der Waals surface area contributed by atoms with E-state index in [0.29, 0.717) is 24.7 Å². The number of hydrogen-bond acceptors (Lipinski definition) is 4. The van der Waals surface area contributed by atoms with E-state index in [0.717, 1.165) is 16.9 Å². The Labute approximate surface area is 188 Å². The van der Waals surface area contributed by atoms with Crippen molar-refractivity contribution in [2.75, 3.05) is 20.2 Å². The van der Waals surface area contributed by atoms with Crippen molar-refractivity contribution in [3.63, 3.8) is 0 Å². The van der Waals surface area contributed by atoms with Crippen molar-refractivity contribution >= 4 is 23.6 Å². The number of ether oxygens (including phenoxy) is 2. The number of methoxy groups -OCH3 is 1. The molecule has 1 aliphatic heterocycles. The molecule has 0 aliphatic carbocycles. The summed E-state index contributed by atoms with van der Waals surface area (Å²) in [5, 5.41) is 3.64. The largest absolute Gasteiger partial charge is 0.497 e. The fourth-order valence-electron chi connectivity index (χ4n) is 3.70. The third-order valence-corrected chi connectivity index (χ3v) is 5.46. The highest BCUT2D eigenvalue weighted by molar-refractivity contribution is 6.30. The molecular formula is C24H29ClN2O4. The SMILES string of the molecule is COc1cccc(CNC(=O)C2CN(C(=O)OC(C)(C)C)CC2c2ccc(Cl)cc2)c1. The van der Waals surface area contributed by atoms with Gasteiger partial charge in [0.15, 0.2) is 0 Å². The van der Waals surface area contributed by atoms with Crippen LogP contribution in [0.4, 0.5) is 4.79 Å². The van der Waals surface area contributed by atoms with Crippen molar-refractivity contribution < 1.29 is 19.1 Å². The summed E-state index contributed by atoms with van der Waals surface area (Å²) in [5.74, 6) is 0.103. The molecule has 1 saturated heterocycles. The molecule has 7 heteroatoms. The zero-order chi connectivity index (χ0) is 22.6. The second-order valence-electron chi connectivity index (χ2n) is 8.72. The number of benzene rings is 2. The predicted octanol–water partition coefficient (Wildman–Crippen LogP) is 4.62. The van der Waals surface area contributed by atoms with E-state index in [1.54, 1.807) is 24.1 Å². The molecule has 1 heterocycles. The number of halogens is 1. The Morgan fingerprint density at radius 1 is 1.13 bits per heavy atom. The first kappa shape index (κ1) is 22.9. The highest BCUT2D eigenvalue weighted by atomic mass is 35.5. The summed E-state index contributed by atoms with van der Waals surface area (Å²) in [6.45, 7) is 6.58. The first-order valence-electron chi connectivity index (χ1n) is 10.3. The molecule has 0 aromatic heterocycles. The Hall–Kier alpha value is -2.73. The summed E-state index contributed by atoms with van der Waals surface area (Å²) in [6, 6.07) is 15.0. The molecule has 3 rings (SSSR count). The van der Waals surface area contributed by atoms with E-state index in [-0.39, 0.29) is 17.7 Å². The molecule has 6 nitrogen and oxygen atoms in total. The minimum absolute atomic E-state index is 0.103. The van der Waals surface area contributed by atoms with Gasteiger partial charge in [0, 0.05) is 30.6 Å². The van der Waals surface area contributed by atoms with Crippen LogP contribution in [-0.4, -0.2) is 42.7 Å². The second kappa shape index (κ2) is 9.60. The van der Waals surface area contributed by atoms with Crippen LogP contribution in [-0.2, 0) is 16.1 Å². The van der Waals surface area contributed by atoms with Gasteiger partial charge in [0.1, 0.15) is 11.4 Å². The smallest absolute Gasteiger partial charge is 0.410 e. The van der Waals surface area contributed by atoms with Gasteiger partial charge in [0.05, 0.1) is 13.0 Å². The van der Waals surface area contributed by atoms with Gasteiger partial charge in [-0.05, 0) is 56.2 Å². The van der Waals surface area contributed by atoms with Crippen LogP contribution in [0.3, 0.4) is 0 Å². The van der Waals surface area contributed by atoms with Crippen LogP contribution in [0.1, 0.15) is 37.8 Å². The first-order chi connectivity index (χ1) is 14.7. The highest BCUT2D eigenvalue weighted by Gasteiger charge is 2.41. The number of carbonyl (C=O) groups excluding carboxylic acids is 2. The molecule has 0 radical (unpaired) electrons. The zero-order valence-electron chi connectivity index (χ0n) is 18.4. The van der Waals surface area contributed by atoms with Gasteiger partial charge < -0.3 is 19.7 Å². The van der Waals surface area contributed by atoms with Gasteiger partial charge >= 0.3 is 6.09 Å². The molecule has 2 unspecified atom stereocenters. The molecule has 1 N–H and O–H groups in total. The lowest BCUT2D eigenvalue weighted by Gasteiger charge is -2.24. The van der Waals surface area contributed by atoms with Gasteiger partial charge in [-0.15, -0.1) is 0 Å². The molecule has 2 aromatic carbocycles. The van der Waals surface area contributed by atoms with E-state index in [4.69, 9.17) is 21.1 Å². The lowest BCUT2D eigenvalue weighted by Crippen LogP contribution is -2.37. The molecule has 2 aromatic rings. The molecule has 2 atom stereocenters. The Bertz CT molecular complexity index is 924. The van der Waals surface area contributed by atoms with Gasteiger partial charge in [0.2, 0.25) is 5.91 Å². The van der Waals surface area contributed by atoms with Crippen LogP contribution in [0, 0.1) is 5.92 Å². The molecule has 0 bridgehead atoms. The Morgan fingerprint density at radius 3 is 2.48 bits per heavy atom. The lowest BCUT2D eigenvalue weighted by molar-refractivity contribution is -0.125. The van der Waals surface area contributed by atoms with E-state index in [2.05, 4.69) is 5.32 Å². The van der Waals surface area contributed by atoms with Crippen molar-refractivity contribution in [2.45, 2.75) is 38.8 Å². The van der Waals surface area contributed by atoms with Gasteiger partial charge in [-0.25, -0.2) is 4.79 Å². The lowest BCUT2D eigenvalue weighted by atomic mass is 9.88. The van der Waals surface area contributed by atoms with Crippen molar-refractivity contribution in [3.05, 3.63) is 64.7 Å². The van der Waals surface area contributed by atoms with Crippen molar-refractivity contribution in [1.29, 1.82) is 0 Å². The number of rotatable bonds is 5. The van der Waals surface area contributed by atoms with Crippen LogP contribution in [0.25, 0.3) is 0 Å². The summed E-state index contributed by atoms with van der Waals surface area (Å²) in [6.07, 6.45) is -0.408. The molecule has 166 valence electrons.